The lowest BCUT2D eigenvalue weighted by atomic mass is 9.76. The highest BCUT2D eigenvalue weighted by Gasteiger charge is 2.45. The minimum absolute atomic E-state index is 0.00199. The molecule has 0 bridgehead atoms. The van der Waals surface area contributed by atoms with Gasteiger partial charge >= 0.3 is 0 Å². The van der Waals surface area contributed by atoms with Gasteiger partial charge in [-0.2, -0.15) is 0 Å². The van der Waals surface area contributed by atoms with E-state index in [1.165, 1.54) is 0 Å². The molecule has 4 aliphatic rings. The lowest BCUT2D eigenvalue weighted by Crippen LogP contribution is -2.55. The summed E-state index contributed by atoms with van der Waals surface area (Å²) in [5, 5.41) is 0. The van der Waals surface area contributed by atoms with Crippen LogP contribution in [0.3, 0.4) is 0 Å². The zero-order chi connectivity index (χ0) is 20.7. The third kappa shape index (κ3) is 3.42. The van der Waals surface area contributed by atoms with E-state index in [0.29, 0.717) is 45.5 Å². The van der Waals surface area contributed by atoms with E-state index >= 15 is 0 Å². The second-order valence-corrected chi connectivity index (χ2v) is 8.99. The fraction of sp³-hybridized carbons (Fsp3) is 0.762. The quantitative estimate of drug-likeness (QED) is 0.709. The van der Waals surface area contributed by atoms with Gasteiger partial charge in [0, 0.05) is 43.7 Å². The number of nitrogens with one attached hydrogen (secondary N) is 1. The molecule has 1 aromatic heterocycles. The summed E-state index contributed by atoms with van der Waals surface area (Å²) >= 11 is 0. The van der Waals surface area contributed by atoms with E-state index in [4.69, 9.17) is 14.5 Å². The van der Waals surface area contributed by atoms with Crippen LogP contribution in [-0.4, -0.2) is 97.9 Å². The number of H-pyrrole nitrogens is 1. The molecule has 1 atom stereocenters. The van der Waals surface area contributed by atoms with Gasteiger partial charge in [-0.05, 0) is 32.7 Å². The molecule has 1 spiro atoms. The summed E-state index contributed by atoms with van der Waals surface area (Å²) in [6.07, 6.45) is 3.44. The highest BCUT2D eigenvalue weighted by atomic mass is 16.5. The zero-order valence-corrected chi connectivity index (χ0v) is 17.7. The van der Waals surface area contributed by atoms with Gasteiger partial charge in [-0.3, -0.25) is 19.5 Å². The normalized spacial score (nSPS) is 26.8. The third-order valence-corrected chi connectivity index (χ3v) is 7.38. The van der Waals surface area contributed by atoms with E-state index in [1.807, 2.05) is 11.9 Å². The Hall–Kier alpha value is -1.97. The molecule has 1 aliphatic carbocycles. The number of aromatic nitrogens is 2. The van der Waals surface area contributed by atoms with Crippen molar-refractivity contribution in [1.82, 2.24) is 19.8 Å². The van der Waals surface area contributed by atoms with E-state index in [-0.39, 0.29) is 22.9 Å². The highest BCUT2D eigenvalue weighted by molar-refractivity contribution is 5.82. The number of aromatic amines is 1. The highest BCUT2D eigenvalue weighted by Crippen LogP contribution is 2.44. The Morgan fingerprint density at radius 1 is 1.07 bits per heavy atom. The summed E-state index contributed by atoms with van der Waals surface area (Å²) in [7, 11) is 1.99. The minimum Gasteiger partial charge on any atom is -0.378 e. The number of piperidine rings is 1. The molecular weight excluding hydrogens is 386 g/mol. The Morgan fingerprint density at radius 2 is 1.80 bits per heavy atom. The van der Waals surface area contributed by atoms with Crippen LogP contribution in [-0.2, 0) is 26.1 Å². The summed E-state index contributed by atoms with van der Waals surface area (Å²) in [5.74, 6) is 0.834. The Kier molecular flexibility index (Phi) is 5.28. The van der Waals surface area contributed by atoms with Crippen molar-refractivity contribution in [3.05, 3.63) is 21.6 Å². The van der Waals surface area contributed by atoms with Gasteiger partial charge in [0.15, 0.2) is 0 Å². The summed E-state index contributed by atoms with van der Waals surface area (Å²) in [6.45, 7) is 6.17. The number of rotatable bonds is 2. The number of hydrogen-bond donors (Lipinski definition) is 1. The summed E-state index contributed by atoms with van der Waals surface area (Å²) in [5.41, 5.74) is 1.72. The summed E-state index contributed by atoms with van der Waals surface area (Å²) in [4.78, 5) is 40.0. The lowest BCUT2D eigenvalue weighted by molar-refractivity contribution is -0.143. The fourth-order valence-corrected chi connectivity index (χ4v) is 5.36. The second-order valence-electron chi connectivity index (χ2n) is 8.99. The molecule has 5 rings (SSSR count). The average Bonchev–Trinajstić information content (AvgIpc) is 3.13. The Balaban J connectivity index is 1.34. The van der Waals surface area contributed by atoms with Crippen molar-refractivity contribution in [1.29, 1.82) is 0 Å². The molecule has 164 valence electrons. The van der Waals surface area contributed by atoms with Crippen LogP contribution < -0.4 is 10.5 Å². The van der Waals surface area contributed by atoms with Gasteiger partial charge in [0.25, 0.3) is 5.56 Å². The van der Waals surface area contributed by atoms with Crippen LogP contribution in [0.15, 0.2) is 4.79 Å². The molecule has 3 saturated heterocycles. The standard InChI is InChI=1S/C21H31N5O4/c1-24-8-11-30-14-16(24)19(28)25-6-4-21(5-7-25)3-2-15-17(21)22-20(23-18(15)27)26-9-12-29-13-10-26/h16H,2-14H2,1H3,(H,22,23,27)/t16-/m1/s1. The first-order chi connectivity index (χ1) is 14.6. The molecular formula is C21H31N5O4. The van der Waals surface area contributed by atoms with Crippen LogP contribution in [0.25, 0.3) is 0 Å². The molecule has 3 fully saturated rings. The number of anilines is 1. The second kappa shape index (κ2) is 7.94. The molecule has 3 aliphatic heterocycles. The number of likely N-dealkylation sites (tertiary alicyclic amines) is 1. The number of amides is 1. The number of nitrogens with zero attached hydrogens (tertiary/aromatic N) is 4. The monoisotopic (exact) mass is 417 g/mol. The molecule has 0 unspecified atom stereocenters. The number of fused-ring (bicyclic) bond motifs is 2. The maximum absolute atomic E-state index is 13.0. The third-order valence-electron chi connectivity index (χ3n) is 7.38. The van der Waals surface area contributed by atoms with Crippen LogP contribution in [0, 0.1) is 0 Å². The summed E-state index contributed by atoms with van der Waals surface area (Å²) in [6, 6.07) is -0.183. The van der Waals surface area contributed by atoms with Crippen LogP contribution in [0.5, 0.6) is 0 Å². The van der Waals surface area contributed by atoms with Crippen LogP contribution in [0.1, 0.15) is 30.5 Å². The van der Waals surface area contributed by atoms with E-state index in [2.05, 4.69) is 14.8 Å². The molecule has 9 nitrogen and oxygen atoms in total. The van der Waals surface area contributed by atoms with Gasteiger partial charge in [-0.25, -0.2) is 4.98 Å². The number of carbonyl (C=O) groups excluding carboxylic acids is 1. The maximum Gasteiger partial charge on any atom is 0.255 e. The molecule has 0 saturated carbocycles. The first-order valence-electron chi connectivity index (χ1n) is 11.1. The van der Waals surface area contributed by atoms with E-state index in [0.717, 1.165) is 56.6 Å². The molecule has 0 aromatic carbocycles. The van der Waals surface area contributed by atoms with Gasteiger partial charge in [0.1, 0.15) is 6.04 Å². The zero-order valence-electron chi connectivity index (χ0n) is 17.7. The Labute approximate surface area is 176 Å². The van der Waals surface area contributed by atoms with Crippen molar-refractivity contribution in [2.45, 2.75) is 37.1 Å². The van der Waals surface area contributed by atoms with Gasteiger partial charge in [-0.1, -0.05) is 0 Å². The first-order valence-corrected chi connectivity index (χ1v) is 11.1. The topological polar surface area (TPSA) is 91.0 Å². The van der Waals surface area contributed by atoms with E-state index in [1.54, 1.807) is 0 Å². The van der Waals surface area contributed by atoms with Gasteiger partial charge < -0.3 is 19.3 Å². The molecule has 30 heavy (non-hydrogen) atoms. The van der Waals surface area contributed by atoms with Gasteiger partial charge in [-0.15, -0.1) is 0 Å². The molecule has 9 heteroatoms. The Morgan fingerprint density at radius 3 is 2.53 bits per heavy atom. The lowest BCUT2D eigenvalue weighted by Gasteiger charge is -2.42. The van der Waals surface area contributed by atoms with Crippen molar-refractivity contribution < 1.29 is 14.3 Å². The number of likely N-dealkylation sites (N-methyl/N-ethyl adjacent to an activating group) is 1. The van der Waals surface area contributed by atoms with Crippen LogP contribution in [0.2, 0.25) is 0 Å². The first kappa shape index (κ1) is 20.0. The largest absolute Gasteiger partial charge is 0.378 e. The molecule has 1 amide bonds. The Bertz CT molecular complexity index is 857. The molecule has 4 heterocycles. The number of ether oxygens (including phenoxy) is 2. The van der Waals surface area contributed by atoms with Gasteiger partial charge in [0.2, 0.25) is 11.9 Å². The fourth-order valence-electron chi connectivity index (χ4n) is 5.36. The predicted molar refractivity (Wildman–Crippen MR) is 111 cm³/mol. The number of hydrogen-bond acceptors (Lipinski definition) is 7. The van der Waals surface area contributed by atoms with E-state index in [9.17, 15) is 9.59 Å². The van der Waals surface area contributed by atoms with Gasteiger partial charge in [0.05, 0.1) is 32.1 Å². The number of carbonyl (C=O) groups is 1. The van der Waals surface area contributed by atoms with Crippen molar-refractivity contribution in [3.8, 4) is 0 Å². The van der Waals surface area contributed by atoms with Crippen molar-refractivity contribution in [3.63, 3.8) is 0 Å². The summed E-state index contributed by atoms with van der Waals surface area (Å²) < 4.78 is 11.0. The predicted octanol–water partition coefficient (Wildman–Crippen LogP) is -0.256. The van der Waals surface area contributed by atoms with Crippen LogP contribution >= 0.6 is 0 Å². The SMILES string of the molecule is CN1CCOC[C@@H]1C(=O)N1CCC2(CCc3c2nc(N2CCOCC2)[nH]c3=O)CC1. The van der Waals surface area contributed by atoms with Crippen molar-refractivity contribution >= 4 is 11.9 Å². The van der Waals surface area contributed by atoms with Crippen molar-refractivity contribution in [2.75, 3.05) is 71.1 Å². The molecule has 1 N–H and O–H groups in total. The van der Waals surface area contributed by atoms with Crippen molar-refractivity contribution in [2.24, 2.45) is 0 Å². The van der Waals surface area contributed by atoms with E-state index < -0.39 is 0 Å². The molecule has 0 radical (unpaired) electrons. The minimum atomic E-state index is -0.183. The molecule has 1 aromatic rings. The maximum atomic E-state index is 13.0. The van der Waals surface area contributed by atoms with Crippen LogP contribution in [0.4, 0.5) is 5.95 Å². The number of morpholine rings is 2. The average molecular weight is 418 g/mol. The smallest absolute Gasteiger partial charge is 0.255 e.